The van der Waals surface area contributed by atoms with Crippen molar-refractivity contribution in [2.45, 2.75) is 26.7 Å². The number of carbonyl (C=O) groups is 1. The summed E-state index contributed by atoms with van der Waals surface area (Å²) in [7, 11) is 0. The van der Waals surface area contributed by atoms with Gasteiger partial charge in [0.1, 0.15) is 11.4 Å². The van der Waals surface area contributed by atoms with Gasteiger partial charge in [-0.1, -0.05) is 37.6 Å². The van der Waals surface area contributed by atoms with Crippen molar-refractivity contribution in [1.82, 2.24) is 9.97 Å². The van der Waals surface area contributed by atoms with Crippen LogP contribution in [-0.2, 0) is 6.42 Å². The van der Waals surface area contributed by atoms with Crippen molar-refractivity contribution in [2.24, 2.45) is 0 Å². The summed E-state index contributed by atoms with van der Waals surface area (Å²) in [5.74, 6) is -0.440. The number of carboxylic acids is 1. The molecule has 1 aromatic carbocycles. The number of hydrogen-bond donors (Lipinski definition) is 1. The lowest BCUT2D eigenvalue weighted by molar-refractivity contribution is 0.0697. The fraction of sp³-hybridized carbons (Fsp3) is 0.267. The summed E-state index contributed by atoms with van der Waals surface area (Å²) in [6.07, 6.45) is 3.47. The second kappa shape index (κ2) is 5.61. The van der Waals surface area contributed by atoms with E-state index < -0.39 is 5.97 Å². The van der Waals surface area contributed by atoms with E-state index in [-0.39, 0.29) is 5.56 Å². The second-order valence-electron chi connectivity index (χ2n) is 4.43. The Morgan fingerprint density at radius 2 is 1.95 bits per heavy atom. The third-order valence-corrected chi connectivity index (χ3v) is 2.91. The highest BCUT2D eigenvalue weighted by molar-refractivity contribution is 5.94. The predicted molar refractivity (Wildman–Crippen MR) is 73.2 cm³/mol. The summed E-state index contributed by atoms with van der Waals surface area (Å²) in [5, 5.41) is 9.18. The molecule has 0 radical (unpaired) electrons. The lowest BCUT2D eigenvalue weighted by Crippen LogP contribution is -2.04. The van der Waals surface area contributed by atoms with E-state index in [0.717, 1.165) is 18.4 Å². The van der Waals surface area contributed by atoms with E-state index in [9.17, 15) is 9.90 Å². The molecule has 4 heteroatoms. The number of hydrogen-bond acceptors (Lipinski definition) is 3. The van der Waals surface area contributed by atoms with Crippen molar-refractivity contribution in [2.75, 3.05) is 0 Å². The number of carboxylic acid groups (broad SMARTS) is 1. The average molecular weight is 256 g/mol. The maximum Gasteiger partial charge on any atom is 0.339 e. The Hall–Kier alpha value is -2.23. The summed E-state index contributed by atoms with van der Waals surface area (Å²) < 4.78 is 0. The van der Waals surface area contributed by atoms with E-state index >= 15 is 0 Å². The fourth-order valence-corrected chi connectivity index (χ4v) is 1.96. The number of aromatic carboxylic acids is 1. The molecule has 1 aromatic heterocycles. The molecule has 98 valence electrons. The number of benzene rings is 1. The van der Waals surface area contributed by atoms with Gasteiger partial charge in [-0.3, -0.25) is 0 Å². The Bertz CT molecular complexity index is 592. The van der Waals surface area contributed by atoms with Gasteiger partial charge in [0, 0.05) is 11.8 Å². The highest BCUT2D eigenvalue weighted by atomic mass is 16.4. The molecular weight excluding hydrogens is 240 g/mol. The Balaban J connectivity index is 2.45. The molecule has 2 aromatic rings. The first-order valence-corrected chi connectivity index (χ1v) is 6.28. The van der Waals surface area contributed by atoms with Crippen LogP contribution in [-0.4, -0.2) is 21.0 Å². The van der Waals surface area contributed by atoms with E-state index in [1.54, 1.807) is 6.92 Å². The molecular formula is C15H16N2O2. The summed E-state index contributed by atoms with van der Waals surface area (Å²) in [6, 6.07) is 7.86. The number of nitrogens with zero attached hydrogens (tertiary/aromatic N) is 2. The molecule has 0 fully saturated rings. The van der Waals surface area contributed by atoms with Crippen LogP contribution in [0.5, 0.6) is 0 Å². The molecule has 1 heterocycles. The van der Waals surface area contributed by atoms with Crippen LogP contribution in [0.4, 0.5) is 0 Å². The molecule has 19 heavy (non-hydrogen) atoms. The molecule has 1 N–H and O–H groups in total. The monoisotopic (exact) mass is 256 g/mol. The van der Waals surface area contributed by atoms with Gasteiger partial charge in [-0.05, 0) is 18.9 Å². The Labute approximate surface area is 112 Å². The van der Waals surface area contributed by atoms with Crippen LogP contribution in [0, 0.1) is 6.92 Å². The average Bonchev–Trinajstić information content (AvgIpc) is 2.39. The molecule has 0 amide bonds. The third kappa shape index (κ3) is 2.96. The maximum absolute atomic E-state index is 11.2. The molecule has 0 aliphatic rings. The van der Waals surface area contributed by atoms with Crippen molar-refractivity contribution in [3.05, 3.63) is 47.4 Å². The van der Waals surface area contributed by atoms with Gasteiger partial charge >= 0.3 is 5.97 Å². The largest absolute Gasteiger partial charge is 0.478 e. The zero-order valence-corrected chi connectivity index (χ0v) is 11.1. The van der Waals surface area contributed by atoms with E-state index in [1.807, 2.05) is 24.3 Å². The number of aryl methyl sites for hydroxylation is 2. The normalized spacial score (nSPS) is 10.4. The first-order chi connectivity index (χ1) is 9.11. The minimum absolute atomic E-state index is 0.133. The smallest absolute Gasteiger partial charge is 0.339 e. The van der Waals surface area contributed by atoms with Crippen LogP contribution in [0.3, 0.4) is 0 Å². The zero-order chi connectivity index (χ0) is 13.8. The van der Waals surface area contributed by atoms with Crippen LogP contribution < -0.4 is 0 Å². The Morgan fingerprint density at radius 3 is 2.53 bits per heavy atom. The fourth-order valence-electron chi connectivity index (χ4n) is 1.96. The Morgan fingerprint density at radius 1 is 1.26 bits per heavy atom. The molecule has 0 bridgehead atoms. The van der Waals surface area contributed by atoms with Crippen molar-refractivity contribution >= 4 is 5.97 Å². The minimum atomic E-state index is -1.01. The first-order valence-electron chi connectivity index (χ1n) is 6.28. The van der Waals surface area contributed by atoms with Gasteiger partial charge in [0.25, 0.3) is 0 Å². The van der Waals surface area contributed by atoms with Gasteiger partial charge in [-0.2, -0.15) is 0 Å². The van der Waals surface area contributed by atoms with Crippen LogP contribution in [0.2, 0.25) is 0 Å². The van der Waals surface area contributed by atoms with Crippen LogP contribution in [0.1, 0.15) is 35.1 Å². The third-order valence-electron chi connectivity index (χ3n) is 2.91. The standard InChI is InChI=1S/C15H16N2O2/c1-3-4-11-5-7-12(8-6-11)14-13(15(18)19)9-16-10(2)17-14/h5-9H,3-4H2,1-2H3,(H,18,19). The Kier molecular flexibility index (Phi) is 3.90. The molecule has 4 nitrogen and oxygen atoms in total. The van der Waals surface area contributed by atoms with Gasteiger partial charge in [-0.15, -0.1) is 0 Å². The molecule has 0 spiro atoms. The first kappa shape index (κ1) is 13.2. The molecule has 0 saturated carbocycles. The van der Waals surface area contributed by atoms with E-state index in [2.05, 4.69) is 16.9 Å². The predicted octanol–water partition coefficient (Wildman–Crippen LogP) is 3.10. The van der Waals surface area contributed by atoms with Crippen LogP contribution in [0.25, 0.3) is 11.3 Å². The van der Waals surface area contributed by atoms with Gasteiger partial charge in [0.15, 0.2) is 0 Å². The highest BCUT2D eigenvalue weighted by Gasteiger charge is 2.14. The molecule has 0 aliphatic heterocycles. The minimum Gasteiger partial charge on any atom is -0.478 e. The zero-order valence-electron chi connectivity index (χ0n) is 11.1. The number of rotatable bonds is 4. The summed E-state index contributed by atoms with van der Waals surface area (Å²) in [4.78, 5) is 19.4. The topological polar surface area (TPSA) is 63.1 Å². The lowest BCUT2D eigenvalue weighted by atomic mass is 10.0. The van der Waals surface area contributed by atoms with Gasteiger partial charge < -0.3 is 5.11 Å². The van der Waals surface area contributed by atoms with E-state index in [4.69, 9.17) is 0 Å². The van der Waals surface area contributed by atoms with Gasteiger partial charge in [-0.25, -0.2) is 14.8 Å². The molecule has 0 atom stereocenters. The van der Waals surface area contributed by atoms with Crippen molar-refractivity contribution in [3.63, 3.8) is 0 Å². The quantitative estimate of drug-likeness (QED) is 0.913. The van der Waals surface area contributed by atoms with Gasteiger partial charge in [0.05, 0.1) is 5.69 Å². The molecule has 0 saturated heterocycles. The molecule has 0 aliphatic carbocycles. The molecule has 0 unspecified atom stereocenters. The van der Waals surface area contributed by atoms with E-state index in [0.29, 0.717) is 11.5 Å². The van der Waals surface area contributed by atoms with Crippen LogP contribution in [0.15, 0.2) is 30.5 Å². The van der Waals surface area contributed by atoms with E-state index in [1.165, 1.54) is 11.8 Å². The maximum atomic E-state index is 11.2. The number of aromatic nitrogens is 2. The second-order valence-corrected chi connectivity index (χ2v) is 4.43. The van der Waals surface area contributed by atoms with Crippen LogP contribution >= 0.6 is 0 Å². The van der Waals surface area contributed by atoms with Crippen molar-refractivity contribution in [3.8, 4) is 11.3 Å². The summed E-state index contributed by atoms with van der Waals surface area (Å²) in [6.45, 7) is 3.88. The highest BCUT2D eigenvalue weighted by Crippen LogP contribution is 2.22. The SMILES string of the molecule is CCCc1ccc(-c2nc(C)ncc2C(=O)O)cc1. The molecule has 2 rings (SSSR count). The van der Waals surface area contributed by atoms with Crippen molar-refractivity contribution in [1.29, 1.82) is 0 Å². The summed E-state index contributed by atoms with van der Waals surface area (Å²) >= 11 is 0. The van der Waals surface area contributed by atoms with Gasteiger partial charge in [0.2, 0.25) is 0 Å². The lowest BCUT2D eigenvalue weighted by Gasteiger charge is -2.07. The summed E-state index contributed by atoms with van der Waals surface area (Å²) in [5.41, 5.74) is 2.66. The van der Waals surface area contributed by atoms with Crippen molar-refractivity contribution < 1.29 is 9.90 Å².